The third kappa shape index (κ3) is 5.28. The van der Waals surface area contributed by atoms with Crippen molar-refractivity contribution in [1.29, 1.82) is 0 Å². The van der Waals surface area contributed by atoms with Gasteiger partial charge in [0.25, 0.3) is 0 Å². The molecule has 5 nitrogen and oxygen atoms in total. The molecule has 0 saturated carbocycles. The molecule has 0 aromatic heterocycles. The number of nitrogens with two attached hydrogens (primary N) is 1. The summed E-state index contributed by atoms with van der Waals surface area (Å²) < 4.78 is 17.1. The Kier molecular flexibility index (Phi) is 7.91. The van der Waals surface area contributed by atoms with Crippen molar-refractivity contribution in [3.8, 4) is 11.5 Å². The van der Waals surface area contributed by atoms with Crippen molar-refractivity contribution < 1.29 is 19.3 Å². The average Bonchev–Trinajstić information content (AvgIpc) is 2.44. The molecule has 1 unspecified atom stereocenters. The Morgan fingerprint density at radius 1 is 1.20 bits per heavy atom. The number of ether oxygens (including phenoxy) is 3. The van der Waals surface area contributed by atoms with E-state index in [1.54, 1.807) is 0 Å². The van der Waals surface area contributed by atoms with Crippen LogP contribution in [0.15, 0.2) is 16.6 Å². The van der Waals surface area contributed by atoms with Gasteiger partial charge >= 0.3 is 0 Å². The van der Waals surface area contributed by atoms with Gasteiger partial charge in [0.15, 0.2) is 11.5 Å². The summed E-state index contributed by atoms with van der Waals surface area (Å²) in [6.45, 7) is 5.68. The molecule has 0 heterocycles. The maximum atomic E-state index is 9.73. The highest BCUT2D eigenvalue weighted by Gasteiger charge is 2.14. The Morgan fingerprint density at radius 3 is 2.55 bits per heavy atom. The fraction of sp³-hybridized carbons (Fsp3) is 0.571. The fourth-order valence-electron chi connectivity index (χ4n) is 1.62. The Balaban J connectivity index is 2.76. The molecular weight excluding hydrogens is 326 g/mol. The highest BCUT2D eigenvalue weighted by Crippen LogP contribution is 2.36. The third-order valence-corrected chi connectivity index (χ3v) is 3.13. The summed E-state index contributed by atoms with van der Waals surface area (Å²) >= 11 is 3.44. The van der Waals surface area contributed by atoms with Crippen LogP contribution in [-0.2, 0) is 11.3 Å². The van der Waals surface area contributed by atoms with Gasteiger partial charge in [0, 0.05) is 13.2 Å². The Bertz CT molecular complexity index is 414. The van der Waals surface area contributed by atoms with Crippen LogP contribution in [0.3, 0.4) is 0 Å². The molecule has 1 aromatic carbocycles. The van der Waals surface area contributed by atoms with E-state index in [0.717, 1.165) is 10.0 Å². The number of hydrogen-bond acceptors (Lipinski definition) is 5. The van der Waals surface area contributed by atoms with E-state index in [1.165, 1.54) is 0 Å². The maximum Gasteiger partial charge on any atom is 0.175 e. The molecular formula is C14H22BrNO4. The maximum absolute atomic E-state index is 9.73. The number of benzene rings is 1. The highest BCUT2D eigenvalue weighted by molar-refractivity contribution is 9.10. The lowest BCUT2D eigenvalue weighted by Gasteiger charge is -2.17. The first kappa shape index (κ1) is 17.2. The van der Waals surface area contributed by atoms with Crippen LogP contribution < -0.4 is 15.2 Å². The molecule has 0 bridgehead atoms. The van der Waals surface area contributed by atoms with Crippen LogP contribution in [0.1, 0.15) is 19.4 Å². The second kappa shape index (κ2) is 9.18. The van der Waals surface area contributed by atoms with E-state index < -0.39 is 6.10 Å². The van der Waals surface area contributed by atoms with Gasteiger partial charge in [-0.1, -0.05) is 0 Å². The molecule has 1 aromatic rings. The second-order valence-corrected chi connectivity index (χ2v) is 5.02. The van der Waals surface area contributed by atoms with Crippen LogP contribution in [0.5, 0.6) is 11.5 Å². The second-order valence-electron chi connectivity index (χ2n) is 4.17. The normalized spacial score (nSPS) is 12.2. The van der Waals surface area contributed by atoms with E-state index in [9.17, 15) is 5.11 Å². The van der Waals surface area contributed by atoms with Crippen molar-refractivity contribution >= 4 is 15.9 Å². The first-order valence-electron chi connectivity index (χ1n) is 6.66. The van der Waals surface area contributed by atoms with Crippen LogP contribution in [0.2, 0.25) is 0 Å². The van der Waals surface area contributed by atoms with Crippen molar-refractivity contribution in [2.45, 2.75) is 26.5 Å². The van der Waals surface area contributed by atoms with Crippen LogP contribution in [0, 0.1) is 0 Å². The van der Waals surface area contributed by atoms with Crippen LogP contribution in [0.4, 0.5) is 0 Å². The summed E-state index contributed by atoms with van der Waals surface area (Å²) in [6.07, 6.45) is -0.675. The van der Waals surface area contributed by atoms with E-state index in [4.69, 9.17) is 19.9 Å². The van der Waals surface area contributed by atoms with Crippen LogP contribution >= 0.6 is 15.9 Å². The number of rotatable bonds is 9. The van der Waals surface area contributed by atoms with E-state index in [1.807, 2.05) is 26.0 Å². The first-order valence-corrected chi connectivity index (χ1v) is 7.45. The Labute approximate surface area is 128 Å². The van der Waals surface area contributed by atoms with Gasteiger partial charge in [-0.05, 0) is 47.5 Å². The zero-order valence-corrected chi connectivity index (χ0v) is 13.5. The highest BCUT2D eigenvalue weighted by atomic mass is 79.9. The third-order valence-electron chi connectivity index (χ3n) is 2.54. The summed E-state index contributed by atoms with van der Waals surface area (Å²) in [5, 5.41) is 9.73. The summed E-state index contributed by atoms with van der Waals surface area (Å²) in [6, 6.07) is 3.73. The van der Waals surface area contributed by atoms with E-state index in [2.05, 4.69) is 15.9 Å². The summed E-state index contributed by atoms with van der Waals surface area (Å²) in [5.41, 5.74) is 6.58. The quantitative estimate of drug-likeness (QED) is 0.715. The minimum absolute atomic E-state index is 0.140. The van der Waals surface area contributed by atoms with Crippen molar-refractivity contribution in [2.75, 3.05) is 26.4 Å². The molecule has 0 fully saturated rings. The minimum atomic E-state index is -0.675. The predicted molar refractivity (Wildman–Crippen MR) is 81.2 cm³/mol. The standard InChI is InChI=1S/C14H22BrNO4/c1-3-18-8-11(17)9-20-14-12(15)5-10(7-16)6-13(14)19-4-2/h5-6,11,17H,3-4,7-9,16H2,1-2H3. The van der Waals surface area contributed by atoms with Gasteiger partial charge in [-0.25, -0.2) is 0 Å². The molecule has 0 radical (unpaired) electrons. The summed E-state index contributed by atoms with van der Waals surface area (Å²) in [5.74, 6) is 1.19. The molecule has 3 N–H and O–H groups in total. The Hall–Kier alpha value is -0.820. The van der Waals surface area contributed by atoms with Crippen LogP contribution in [0.25, 0.3) is 0 Å². The number of halogens is 1. The van der Waals surface area contributed by atoms with Gasteiger partial charge in [-0.2, -0.15) is 0 Å². The molecule has 0 aliphatic rings. The van der Waals surface area contributed by atoms with Gasteiger partial charge in [-0.3, -0.25) is 0 Å². The lowest BCUT2D eigenvalue weighted by molar-refractivity contribution is 0.0157. The van der Waals surface area contributed by atoms with Crippen molar-refractivity contribution in [3.63, 3.8) is 0 Å². The zero-order chi connectivity index (χ0) is 15.0. The monoisotopic (exact) mass is 347 g/mol. The van der Waals surface area contributed by atoms with Gasteiger partial charge in [0.2, 0.25) is 0 Å². The largest absolute Gasteiger partial charge is 0.490 e. The molecule has 0 aliphatic heterocycles. The van der Waals surface area contributed by atoms with Crippen molar-refractivity contribution in [1.82, 2.24) is 0 Å². The van der Waals surface area contributed by atoms with E-state index >= 15 is 0 Å². The molecule has 114 valence electrons. The van der Waals surface area contributed by atoms with Crippen molar-refractivity contribution in [3.05, 3.63) is 22.2 Å². The fourth-order valence-corrected chi connectivity index (χ4v) is 2.23. The van der Waals surface area contributed by atoms with Crippen LogP contribution in [-0.4, -0.2) is 37.6 Å². The van der Waals surface area contributed by atoms with E-state index in [0.29, 0.717) is 31.3 Å². The molecule has 1 atom stereocenters. The zero-order valence-electron chi connectivity index (χ0n) is 11.9. The minimum Gasteiger partial charge on any atom is -0.490 e. The predicted octanol–water partition coefficient (Wildman–Crippen LogP) is 2.08. The number of aliphatic hydroxyl groups excluding tert-OH is 1. The molecule has 20 heavy (non-hydrogen) atoms. The SMILES string of the molecule is CCOCC(O)COc1c(Br)cc(CN)cc1OCC. The van der Waals surface area contributed by atoms with Gasteiger partial charge in [0.1, 0.15) is 12.7 Å². The van der Waals surface area contributed by atoms with E-state index in [-0.39, 0.29) is 13.2 Å². The summed E-state index contributed by atoms with van der Waals surface area (Å²) in [4.78, 5) is 0. The topological polar surface area (TPSA) is 73.9 Å². The number of aliphatic hydroxyl groups is 1. The molecule has 0 amide bonds. The molecule has 0 saturated heterocycles. The van der Waals surface area contributed by atoms with Gasteiger partial charge in [-0.15, -0.1) is 0 Å². The first-order chi connectivity index (χ1) is 9.62. The molecule has 6 heteroatoms. The van der Waals surface area contributed by atoms with Gasteiger partial charge < -0.3 is 25.1 Å². The molecule has 1 rings (SSSR count). The van der Waals surface area contributed by atoms with Gasteiger partial charge in [0.05, 0.1) is 17.7 Å². The molecule has 0 aliphatic carbocycles. The smallest absolute Gasteiger partial charge is 0.175 e. The average molecular weight is 348 g/mol. The lowest BCUT2D eigenvalue weighted by Crippen LogP contribution is -2.23. The number of hydrogen-bond donors (Lipinski definition) is 2. The lowest BCUT2D eigenvalue weighted by atomic mass is 10.2. The Morgan fingerprint density at radius 2 is 1.95 bits per heavy atom. The van der Waals surface area contributed by atoms with Crippen molar-refractivity contribution in [2.24, 2.45) is 5.73 Å². The summed E-state index contributed by atoms with van der Waals surface area (Å²) in [7, 11) is 0. The molecule has 0 spiro atoms.